The average Bonchev–Trinajstić information content (AvgIpc) is 2.83. The van der Waals surface area contributed by atoms with Crippen molar-refractivity contribution in [3.8, 4) is 0 Å². The number of benzene rings is 2. The standard InChI is InChI=1S/C17H11BrN2O3/c18-12-8-9-15-14(10-12)13(17(21)19-15)6-3-5-11-4-1-2-7-16(11)20(22)23/h1-10H,(H,19,21)/b5-3+,13-6-. The Kier molecular flexibility index (Phi) is 4.08. The first-order valence-electron chi connectivity index (χ1n) is 6.79. The first-order chi connectivity index (χ1) is 11.1. The van der Waals surface area contributed by atoms with Crippen molar-refractivity contribution in [2.75, 3.05) is 5.32 Å². The van der Waals surface area contributed by atoms with Crippen LogP contribution in [0.25, 0.3) is 11.6 Å². The van der Waals surface area contributed by atoms with Crippen LogP contribution in [-0.2, 0) is 4.79 Å². The van der Waals surface area contributed by atoms with Crippen LogP contribution in [0.4, 0.5) is 11.4 Å². The van der Waals surface area contributed by atoms with E-state index in [1.165, 1.54) is 6.07 Å². The van der Waals surface area contributed by atoms with Crippen LogP contribution in [0, 0.1) is 10.1 Å². The van der Waals surface area contributed by atoms with Crippen molar-refractivity contribution in [2.24, 2.45) is 0 Å². The van der Waals surface area contributed by atoms with E-state index in [4.69, 9.17) is 0 Å². The van der Waals surface area contributed by atoms with E-state index in [0.29, 0.717) is 11.1 Å². The van der Waals surface area contributed by atoms with Gasteiger partial charge in [0.1, 0.15) is 0 Å². The zero-order chi connectivity index (χ0) is 16.4. The van der Waals surface area contributed by atoms with Crippen molar-refractivity contribution < 1.29 is 9.72 Å². The van der Waals surface area contributed by atoms with Gasteiger partial charge in [0, 0.05) is 27.4 Å². The second-order valence-corrected chi connectivity index (χ2v) is 5.82. The number of para-hydroxylation sites is 1. The highest BCUT2D eigenvalue weighted by Crippen LogP contribution is 2.33. The van der Waals surface area contributed by atoms with Gasteiger partial charge >= 0.3 is 0 Å². The zero-order valence-electron chi connectivity index (χ0n) is 11.8. The molecule has 0 unspecified atom stereocenters. The number of allylic oxidation sites excluding steroid dienone is 2. The number of halogens is 1. The molecule has 5 nitrogen and oxygen atoms in total. The van der Waals surface area contributed by atoms with Gasteiger partial charge in [0.25, 0.3) is 11.6 Å². The molecule has 2 aromatic carbocycles. The maximum absolute atomic E-state index is 12.0. The number of fused-ring (bicyclic) bond motifs is 1. The van der Waals surface area contributed by atoms with E-state index < -0.39 is 4.92 Å². The molecule has 1 N–H and O–H groups in total. The fourth-order valence-electron chi connectivity index (χ4n) is 2.37. The number of anilines is 1. The molecule has 0 saturated carbocycles. The number of hydrogen-bond acceptors (Lipinski definition) is 3. The summed E-state index contributed by atoms with van der Waals surface area (Å²) in [7, 11) is 0. The van der Waals surface area contributed by atoms with Gasteiger partial charge in [-0.3, -0.25) is 14.9 Å². The quantitative estimate of drug-likeness (QED) is 0.494. The molecule has 6 heteroatoms. The Hall–Kier alpha value is -2.73. The van der Waals surface area contributed by atoms with E-state index in [1.807, 2.05) is 18.2 Å². The Morgan fingerprint density at radius 3 is 2.74 bits per heavy atom. The van der Waals surface area contributed by atoms with E-state index in [-0.39, 0.29) is 11.6 Å². The summed E-state index contributed by atoms with van der Waals surface area (Å²) in [5, 5.41) is 13.8. The van der Waals surface area contributed by atoms with Gasteiger partial charge in [-0.05, 0) is 36.4 Å². The Morgan fingerprint density at radius 1 is 1.17 bits per heavy atom. The number of carbonyl (C=O) groups is 1. The molecule has 0 bridgehead atoms. The van der Waals surface area contributed by atoms with E-state index >= 15 is 0 Å². The van der Waals surface area contributed by atoms with Gasteiger partial charge in [-0.2, -0.15) is 0 Å². The minimum atomic E-state index is -0.429. The fourth-order valence-corrected chi connectivity index (χ4v) is 2.73. The van der Waals surface area contributed by atoms with Crippen molar-refractivity contribution in [3.05, 3.63) is 80.3 Å². The molecule has 0 atom stereocenters. The lowest BCUT2D eigenvalue weighted by molar-refractivity contribution is -0.385. The summed E-state index contributed by atoms with van der Waals surface area (Å²) in [6, 6.07) is 12.0. The summed E-state index contributed by atoms with van der Waals surface area (Å²) in [5.41, 5.74) is 2.60. The van der Waals surface area contributed by atoms with Gasteiger partial charge in [-0.25, -0.2) is 0 Å². The third-order valence-corrected chi connectivity index (χ3v) is 3.93. The second kappa shape index (κ2) is 6.18. The summed E-state index contributed by atoms with van der Waals surface area (Å²) >= 11 is 3.38. The summed E-state index contributed by atoms with van der Waals surface area (Å²) in [5.74, 6) is -0.190. The lowest BCUT2D eigenvalue weighted by Gasteiger charge is -1.98. The third-order valence-electron chi connectivity index (χ3n) is 3.44. The Balaban J connectivity index is 1.94. The summed E-state index contributed by atoms with van der Waals surface area (Å²) in [6.07, 6.45) is 4.92. The van der Waals surface area contributed by atoms with Gasteiger partial charge in [-0.1, -0.05) is 34.1 Å². The van der Waals surface area contributed by atoms with Gasteiger partial charge in [-0.15, -0.1) is 0 Å². The molecule has 23 heavy (non-hydrogen) atoms. The number of rotatable bonds is 3. The number of nitro groups is 1. The van der Waals surface area contributed by atoms with Gasteiger partial charge in [0.05, 0.1) is 10.5 Å². The number of amides is 1. The van der Waals surface area contributed by atoms with Crippen LogP contribution >= 0.6 is 15.9 Å². The predicted octanol–water partition coefficient (Wildman–Crippen LogP) is 4.41. The largest absolute Gasteiger partial charge is 0.321 e. The molecular formula is C17H11BrN2O3. The molecule has 1 aliphatic heterocycles. The Bertz CT molecular complexity index is 872. The average molecular weight is 371 g/mol. The number of nitrogens with zero attached hydrogens (tertiary/aromatic N) is 1. The monoisotopic (exact) mass is 370 g/mol. The second-order valence-electron chi connectivity index (χ2n) is 4.90. The highest BCUT2D eigenvalue weighted by atomic mass is 79.9. The smallest absolute Gasteiger partial charge is 0.276 e. The Morgan fingerprint density at radius 2 is 1.96 bits per heavy atom. The van der Waals surface area contributed by atoms with Crippen LogP contribution in [0.2, 0.25) is 0 Å². The van der Waals surface area contributed by atoms with Crippen LogP contribution in [0.15, 0.2) is 59.1 Å². The molecule has 0 radical (unpaired) electrons. The maximum Gasteiger partial charge on any atom is 0.276 e. The molecular weight excluding hydrogens is 360 g/mol. The molecule has 114 valence electrons. The highest BCUT2D eigenvalue weighted by Gasteiger charge is 2.23. The summed E-state index contributed by atoms with van der Waals surface area (Å²) < 4.78 is 0.876. The number of nitro benzene ring substituents is 1. The van der Waals surface area contributed by atoms with Crippen molar-refractivity contribution in [1.82, 2.24) is 0 Å². The van der Waals surface area contributed by atoms with Crippen LogP contribution in [-0.4, -0.2) is 10.8 Å². The molecule has 2 aromatic rings. The molecule has 1 amide bonds. The fraction of sp³-hybridized carbons (Fsp3) is 0. The van der Waals surface area contributed by atoms with E-state index in [9.17, 15) is 14.9 Å². The number of carbonyl (C=O) groups excluding carboxylic acids is 1. The molecule has 1 heterocycles. The van der Waals surface area contributed by atoms with Gasteiger partial charge in [0.15, 0.2) is 0 Å². The number of nitrogens with one attached hydrogen (secondary N) is 1. The third kappa shape index (κ3) is 3.07. The lowest BCUT2D eigenvalue weighted by Crippen LogP contribution is -2.03. The van der Waals surface area contributed by atoms with E-state index in [2.05, 4.69) is 21.2 Å². The SMILES string of the molecule is O=C1Nc2ccc(Br)cc2/C1=C/C=C/c1ccccc1[N+](=O)[O-]. The molecule has 0 aliphatic carbocycles. The topological polar surface area (TPSA) is 72.2 Å². The first-order valence-corrected chi connectivity index (χ1v) is 7.58. The molecule has 0 spiro atoms. The molecule has 0 aromatic heterocycles. The van der Waals surface area contributed by atoms with E-state index in [0.717, 1.165) is 15.7 Å². The van der Waals surface area contributed by atoms with Crippen molar-refractivity contribution in [2.45, 2.75) is 0 Å². The lowest BCUT2D eigenvalue weighted by atomic mass is 10.1. The minimum absolute atomic E-state index is 0.0289. The summed E-state index contributed by atoms with van der Waals surface area (Å²) in [6.45, 7) is 0. The Labute approximate surface area is 140 Å². The highest BCUT2D eigenvalue weighted by molar-refractivity contribution is 9.10. The van der Waals surface area contributed by atoms with E-state index in [1.54, 1.807) is 36.4 Å². The van der Waals surface area contributed by atoms with Crippen molar-refractivity contribution in [1.29, 1.82) is 0 Å². The van der Waals surface area contributed by atoms with Crippen molar-refractivity contribution in [3.63, 3.8) is 0 Å². The maximum atomic E-state index is 12.0. The van der Waals surface area contributed by atoms with Gasteiger partial charge in [0.2, 0.25) is 0 Å². The van der Waals surface area contributed by atoms with Crippen LogP contribution in [0.3, 0.4) is 0 Å². The summed E-state index contributed by atoms with van der Waals surface area (Å²) in [4.78, 5) is 22.6. The zero-order valence-corrected chi connectivity index (χ0v) is 13.4. The van der Waals surface area contributed by atoms with Crippen molar-refractivity contribution >= 4 is 44.9 Å². The molecule has 0 fully saturated rings. The van der Waals surface area contributed by atoms with Crippen LogP contribution in [0.1, 0.15) is 11.1 Å². The molecule has 0 saturated heterocycles. The molecule has 1 aliphatic rings. The molecule has 3 rings (SSSR count). The van der Waals surface area contributed by atoms with Crippen LogP contribution < -0.4 is 5.32 Å². The normalized spacial score (nSPS) is 15.0. The van der Waals surface area contributed by atoms with Crippen LogP contribution in [0.5, 0.6) is 0 Å². The minimum Gasteiger partial charge on any atom is -0.321 e. The van der Waals surface area contributed by atoms with Gasteiger partial charge < -0.3 is 5.32 Å². The predicted molar refractivity (Wildman–Crippen MR) is 92.9 cm³/mol. The first kappa shape index (κ1) is 15.2. The number of hydrogen-bond donors (Lipinski definition) is 1.